The molecule has 0 aromatic heterocycles. The third kappa shape index (κ3) is 4.75. The Labute approximate surface area is 149 Å². The molecule has 0 aliphatic heterocycles. The van der Waals surface area contributed by atoms with Gasteiger partial charge < -0.3 is 10.1 Å². The Morgan fingerprint density at radius 1 is 1.17 bits per heavy atom. The molecule has 0 spiro atoms. The van der Waals surface area contributed by atoms with Crippen molar-refractivity contribution in [2.75, 3.05) is 0 Å². The molecule has 2 rings (SSSR count). The lowest BCUT2D eigenvalue weighted by Crippen LogP contribution is -2.39. The third-order valence-electron chi connectivity index (χ3n) is 4.02. The molecular weight excluding hydrogens is 322 g/mol. The number of carbonyl (C=O) groups excluding carboxylic acids is 1. The Bertz CT molecular complexity index is 697. The molecule has 0 aliphatic rings. The lowest BCUT2D eigenvalue weighted by molar-refractivity contribution is -0.128. The minimum Gasteiger partial charge on any atom is -0.481 e. The van der Waals surface area contributed by atoms with Crippen LogP contribution >= 0.6 is 11.6 Å². The van der Waals surface area contributed by atoms with Gasteiger partial charge in [0.05, 0.1) is 6.04 Å². The molecule has 3 nitrogen and oxygen atoms in total. The lowest BCUT2D eigenvalue weighted by atomic mass is 10.00. The van der Waals surface area contributed by atoms with Crippen molar-refractivity contribution >= 4 is 17.5 Å². The van der Waals surface area contributed by atoms with Crippen LogP contribution in [0, 0.1) is 13.8 Å². The predicted molar refractivity (Wildman–Crippen MR) is 98.6 cm³/mol. The van der Waals surface area contributed by atoms with E-state index in [4.69, 9.17) is 16.3 Å². The van der Waals surface area contributed by atoms with Crippen LogP contribution in [-0.4, -0.2) is 12.0 Å². The second-order valence-electron chi connectivity index (χ2n) is 6.06. The molecule has 0 heterocycles. The maximum absolute atomic E-state index is 12.6. The molecule has 2 atom stereocenters. The molecule has 0 fully saturated rings. The first kappa shape index (κ1) is 18.3. The molecule has 0 saturated heterocycles. The quantitative estimate of drug-likeness (QED) is 0.800. The molecule has 1 amide bonds. The minimum absolute atomic E-state index is 0.0692. The standard InChI is InChI=1S/C20H24ClNO2/c1-5-19(24-17-10-8-16(21)9-11-17)20(23)22-15(4)18-12-13(2)6-7-14(18)3/h6-12,15,19H,5H2,1-4H3,(H,22,23)/t15-,19+/m0/s1. The maximum atomic E-state index is 12.6. The van der Waals surface area contributed by atoms with Crippen LogP contribution in [0.25, 0.3) is 0 Å². The first-order valence-electron chi connectivity index (χ1n) is 8.20. The van der Waals surface area contributed by atoms with Crippen molar-refractivity contribution in [3.8, 4) is 5.75 Å². The van der Waals surface area contributed by atoms with Gasteiger partial charge in [-0.15, -0.1) is 0 Å². The number of benzene rings is 2. The number of hydrogen-bond donors (Lipinski definition) is 1. The Balaban J connectivity index is 2.05. The number of ether oxygens (including phenoxy) is 1. The summed E-state index contributed by atoms with van der Waals surface area (Å²) >= 11 is 5.87. The number of rotatable bonds is 6. The summed E-state index contributed by atoms with van der Waals surface area (Å²) in [6.45, 7) is 8.03. The van der Waals surface area contributed by atoms with E-state index in [2.05, 4.69) is 37.4 Å². The van der Waals surface area contributed by atoms with Crippen LogP contribution in [0.3, 0.4) is 0 Å². The summed E-state index contributed by atoms with van der Waals surface area (Å²) in [5.74, 6) is 0.529. The van der Waals surface area contributed by atoms with E-state index in [0.29, 0.717) is 17.2 Å². The third-order valence-corrected chi connectivity index (χ3v) is 4.27. The maximum Gasteiger partial charge on any atom is 0.261 e. The second kappa shape index (κ2) is 8.20. The molecule has 24 heavy (non-hydrogen) atoms. The largest absolute Gasteiger partial charge is 0.481 e. The van der Waals surface area contributed by atoms with Crippen LogP contribution in [0.15, 0.2) is 42.5 Å². The van der Waals surface area contributed by atoms with Crippen LogP contribution in [0.2, 0.25) is 5.02 Å². The topological polar surface area (TPSA) is 38.3 Å². The number of halogens is 1. The van der Waals surface area contributed by atoms with Crippen molar-refractivity contribution in [2.24, 2.45) is 0 Å². The molecular formula is C20H24ClNO2. The summed E-state index contributed by atoms with van der Waals surface area (Å²) in [5, 5.41) is 3.70. The summed E-state index contributed by atoms with van der Waals surface area (Å²) in [6.07, 6.45) is 0.0623. The van der Waals surface area contributed by atoms with Crippen molar-refractivity contribution in [2.45, 2.75) is 46.3 Å². The summed E-state index contributed by atoms with van der Waals surface area (Å²) < 4.78 is 5.80. The zero-order chi connectivity index (χ0) is 17.7. The van der Waals surface area contributed by atoms with E-state index < -0.39 is 6.10 Å². The number of nitrogens with one attached hydrogen (secondary N) is 1. The van der Waals surface area contributed by atoms with Gasteiger partial charge in [0.1, 0.15) is 5.75 Å². The van der Waals surface area contributed by atoms with Gasteiger partial charge in [0.15, 0.2) is 6.10 Å². The van der Waals surface area contributed by atoms with E-state index in [1.807, 2.05) is 13.8 Å². The lowest BCUT2D eigenvalue weighted by Gasteiger charge is -2.22. The van der Waals surface area contributed by atoms with Crippen LogP contribution in [0.5, 0.6) is 5.75 Å². The van der Waals surface area contributed by atoms with E-state index >= 15 is 0 Å². The van der Waals surface area contributed by atoms with Crippen LogP contribution in [-0.2, 0) is 4.79 Å². The summed E-state index contributed by atoms with van der Waals surface area (Å²) in [7, 11) is 0. The SMILES string of the molecule is CC[C@@H](Oc1ccc(Cl)cc1)C(=O)N[C@@H](C)c1cc(C)ccc1C. The first-order valence-corrected chi connectivity index (χ1v) is 8.58. The molecule has 0 bridgehead atoms. The molecule has 0 radical (unpaired) electrons. The van der Waals surface area contributed by atoms with Gasteiger partial charge in [0.2, 0.25) is 0 Å². The predicted octanol–water partition coefficient (Wildman–Crippen LogP) is 4.99. The van der Waals surface area contributed by atoms with Crippen molar-refractivity contribution < 1.29 is 9.53 Å². The molecule has 0 aliphatic carbocycles. The van der Waals surface area contributed by atoms with Gasteiger partial charge >= 0.3 is 0 Å². The van der Waals surface area contributed by atoms with Gasteiger partial charge in [-0.05, 0) is 62.6 Å². The number of hydrogen-bond acceptors (Lipinski definition) is 2. The Morgan fingerprint density at radius 2 is 1.83 bits per heavy atom. The van der Waals surface area contributed by atoms with Crippen molar-refractivity contribution in [1.29, 1.82) is 0 Å². The van der Waals surface area contributed by atoms with E-state index in [0.717, 1.165) is 5.56 Å². The highest BCUT2D eigenvalue weighted by Gasteiger charge is 2.21. The van der Waals surface area contributed by atoms with Crippen molar-refractivity contribution in [3.05, 3.63) is 64.2 Å². The first-order chi connectivity index (χ1) is 11.4. The number of carbonyl (C=O) groups is 1. The molecule has 1 N–H and O–H groups in total. The number of amides is 1. The summed E-state index contributed by atoms with van der Waals surface area (Å²) in [4.78, 5) is 12.6. The zero-order valence-electron chi connectivity index (χ0n) is 14.6. The second-order valence-corrected chi connectivity index (χ2v) is 6.50. The Hall–Kier alpha value is -2.00. The molecule has 128 valence electrons. The van der Waals surface area contributed by atoms with E-state index in [1.165, 1.54) is 11.1 Å². The van der Waals surface area contributed by atoms with Gasteiger partial charge in [-0.2, -0.15) is 0 Å². The van der Waals surface area contributed by atoms with E-state index in [9.17, 15) is 4.79 Å². The van der Waals surface area contributed by atoms with Gasteiger partial charge in [-0.3, -0.25) is 4.79 Å². The average Bonchev–Trinajstić information content (AvgIpc) is 2.56. The fourth-order valence-corrected chi connectivity index (χ4v) is 2.74. The fraction of sp³-hybridized carbons (Fsp3) is 0.350. The van der Waals surface area contributed by atoms with Crippen molar-refractivity contribution in [3.63, 3.8) is 0 Å². The highest BCUT2D eigenvalue weighted by Crippen LogP contribution is 2.21. The number of aryl methyl sites for hydroxylation is 2. The van der Waals surface area contributed by atoms with Crippen LogP contribution in [0.1, 0.15) is 43.0 Å². The Kier molecular flexibility index (Phi) is 6.27. The molecule has 2 aromatic rings. The smallest absolute Gasteiger partial charge is 0.261 e. The van der Waals surface area contributed by atoms with Crippen molar-refractivity contribution in [1.82, 2.24) is 5.32 Å². The minimum atomic E-state index is -0.529. The highest BCUT2D eigenvalue weighted by molar-refractivity contribution is 6.30. The van der Waals surface area contributed by atoms with E-state index in [-0.39, 0.29) is 11.9 Å². The summed E-state index contributed by atoms with van der Waals surface area (Å²) in [5.41, 5.74) is 3.48. The monoisotopic (exact) mass is 345 g/mol. The van der Waals surface area contributed by atoms with E-state index in [1.54, 1.807) is 24.3 Å². The highest BCUT2D eigenvalue weighted by atomic mass is 35.5. The van der Waals surface area contributed by atoms with Crippen LogP contribution in [0.4, 0.5) is 0 Å². The van der Waals surface area contributed by atoms with Gasteiger partial charge in [0, 0.05) is 5.02 Å². The van der Waals surface area contributed by atoms with Gasteiger partial charge in [0.25, 0.3) is 5.91 Å². The summed E-state index contributed by atoms with van der Waals surface area (Å²) in [6, 6.07) is 13.2. The molecule has 0 saturated carbocycles. The molecule has 4 heteroatoms. The van der Waals surface area contributed by atoms with Gasteiger partial charge in [-0.25, -0.2) is 0 Å². The average molecular weight is 346 g/mol. The zero-order valence-corrected chi connectivity index (χ0v) is 15.4. The Morgan fingerprint density at radius 3 is 2.46 bits per heavy atom. The normalized spacial score (nSPS) is 13.2. The van der Waals surface area contributed by atoms with Crippen LogP contribution < -0.4 is 10.1 Å². The molecule has 2 aromatic carbocycles. The molecule has 0 unspecified atom stereocenters. The van der Waals surface area contributed by atoms with Gasteiger partial charge in [-0.1, -0.05) is 42.3 Å². The fourth-order valence-electron chi connectivity index (χ4n) is 2.61.